The monoisotopic (exact) mass is 574 g/mol. The lowest BCUT2D eigenvalue weighted by molar-refractivity contribution is 0.0924. The Labute approximate surface area is 244 Å². The number of aromatic nitrogens is 2. The molecule has 208 valence electrons. The molecule has 6 nitrogen and oxygen atoms in total. The Morgan fingerprint density at radius 1 is 1.12 bits per heavy atom. The minimum absolute atomic E-state index is 0.0185. The zero-order valence-electron chi connectivity index (χ0n) is 23.2. The number of nitrogens with zero attached hydrogens (tertiary/aromatic N) is 2. The molecule has 4 aromatic rings. The average molecular weight is 575 g/mol. The van der Waals surface area contributed by atoms with Gasteiger partial charge in [-0.05, 0) is 74.8 Å². The molecule has 2 aromatic carbocycles. The first-order chi connectivity index (χ1) is 19.3. The lowest BCUT2D eigenvalue weighted by Gasteiger charge is -2.28. The van der Waals surface area contributed by atoms with E-state index >= 15 is 0 Å². The third kappa shape index (κ3) is 5.64. The zero-order valence-corrected chi connectivity index (χ0v) is 24.7. The van der Waals surface area contributed by atoms with Crippen molar-refractivity contribution in [2.75, 3.05) is 0 Å². The summed E-state index contributed by atoms with van der Waals surface area (Å²) in [6, 6.07) is 15.4. The van der Waals surface area contributed by atoms with E-state index in [1.165, 1.54) is 11.3 Å². The van der Waals surface area contributed by atoms with Crippen LogP contribution in [0.1, 0.15) is 66.7 Å². The Balaban J connectivity index is 1.68. The molecule has 8 heteroatoms. The van der Waals surface area contributed by atoms with Crippen molar-refractivity contribution in [2.45, 2.75) is 71.4 Å². The molecule has 1 saturated carbocycles. The molecule has 3 N–H and O–H groups in total. The first kappa shape index (κ1) is 28.3. The summed E-state index contributed by atoms with van der Waals surface area (Å²) in [7, 11) is 0. The number of nitrogens with one attached hydrogen (secondary N) is 1. The van der Waals surface area contributed by atoms with Crippen LogP contribution in [0.2, 0.25) is 5.02 Å². The number of amides is 1. The third-order valence-corrected chi connectivity index (χ3v) is 8.93. The second kappa shape index (κ2) is 12.1. The van der Waals surface area contributed by atoms with Gasteiger partial charge in [0.15, 0.2) is 0 Å². The number of benzene rings is 2. The van der Waals surface area contributed by atoms with Crippen LogP contribution >= 0.6 is 22.9 Å². The molecule has 0 spiro atoms. The van der Waals surface area contributed by atoms with Gasteiger partial charge in [0.25, 0.3) is 11.5 Å². The van der Waals surface area contributed by atoms with Crippen molar-refractivity contribution in [3.05, 3.63) is 91.7 Å². The summed E-state index contributed by atoms with van der Waals surface area (Å²) in [6.07, 6.45) is 5.16. The number of pyridine rings is 1. The number of carbonyl (C=O) groups is 1. The first-order valence-electron chi connectivity index (χ1n) is 14.0. The number of thiazole rings is 1. The molecule has 1 aliphatic carbocycles. The standard InChI is InChI=1S/C32H35ClN4O2S/c1-4-20-8-6-9-21(5-2)29(20)37-19(3)26(30(38)35-25-11-7-10-24(34)16-25)17-27(32(37)39)31-36-28(18-40-31)22-12-14-23(33)15-13-22/h6,8-9,12-15,17-18,24-25H,4-5,7,10-11,16,34H2,1-3H3,(H,35,38). The number of nitrogens with two attached hydrogens (primary N) is 1. The summed E-state index contributed by atoms with van der Waals surface area (Å²) >= 11 is 7.48. The van der Waals surface area contributed by atoms with Crippen molar-refractivity contribution in [3.8, 4) is 27.5 Å². The summed E-state index contributed by atoms with van der Waals surface area (Å²) in [5.74, 6) is -0.187. The summed E-state index contributed by atoms with van der Waals surface area (Å²) in [5, 5.41) is 6.37. The van der Waals surface area contributed by atoms with Gasteiger partial charge in [0, 0.05) is 33.7 Å². The van der Waals surface area contributed by atoms with Gasteiger partial charge in [0.2, 0.25) is 0 Å². The molecular weight excluding hydrogens is 540 g/mol. The minimum Gasteiger partial charge on any atom is -0.349 e. The smallest absolute Gasteiger partial charge is 0.265 e. The number of halogens is 1. The maximum atomic E-state index is 14.3. The van der Waals surface area contributed by atoms with Gasteiger partial charge in [-0.15, -0.1) is 11.3 Å². The lowest BCUT2D eigenvalue weighted by atomic mass is 9.91. The van der Waals surface area contributed by atoms with Gasteiger partial charge in [-0.2, -0.15) is 0 Å². The zero-order chi connectivity index (χ0) is 28.4. The maximum absolute atomic E-state index is 14.3. The van der Waals surface area contributed by atoms with Gasteiger partial charge in [-0.3, -0.25) is 14.2 Å². The molecule has 1 amide bonds. The second-order valence-corrected chi connectivity index (χ2v) is 11.8. The van der Waals surface area contributed by atoms with E-state index in [-0.39, 0.29) is 23.6 Å². The van der Waals surface area contributed by atoms with Gasteiger partial charge in [-0.25, -0.2) is 4.98 Å². The molecule has 1 fully saturated rings. The van der Waals surface area contributed by atoms with Crippen molar-refractivity contribution >= 4 is 28.8 Å². The highest BCUT2D eigenvalue weighted by molar-refractivity contribution is 7.13. The molecule has 2 heterocycles. The van der Waals surface area contributed by atoms with Gasteiger partial charge < -0.3 is 11.1 Å². The fourth-order valence-electron chi connectivity index (χ4n) is 5.63. The molecule has 0 aliphatic heterocycles. The van der Waals surface area contributed by atoms with Crippen LogP contribution in [0.5, 0.6) is 0 Å². The SMILES string of the molecule is CCc1cccc(CC)c1-n1c(C)c(C(=O)NC2CCCC(N)C2)cc(-c2nc(-c3ccc(Cl)cc3)cs2)c1=O. The molecule has 0 bridgehead atoms. The van der Waals surface area contributed by atoms with E-state index in [1.54, 1.807) is 10.6 Å². The van der Waals surface area contributed by atoms with Gasteiger partial charge in [-0.1, -0.05) is 55.8 Å². The van der Waals surface area contributed by atoms with Gasteiger partial charge in [0.1, 0.15) is 5.01 Å². The maximum Gasteiger partial charge on any atom is 0.265 e. The van der Waals surface area contributed by atoms with Crippen LogP contribution in [-0.2, 0) is 12.8 Å². The molecule has 40 heavy (non-hydrogen) atoms. The van der Waals surface area contributed by atoms with Crippen molar-refractivity contribution < 1.29 is 4.79 Å². The first-order valence-corrected chi connectivity index (χ1v) is 15.2. The normalized spacial score (nSPS) is 17.1. The fraction of sp³-hybridized carbons (Fsp3) is 0.344. The number of aryl methyl sites for hydroxylation is 2. The Bertz CT molecular complexity index is 1570. The largest absolute Gasteiger partial charge is 0.349 e. The molecule has 2 aromatic heterocycles. The van der Waals surface area contributed by atoms with Crippen molar-refractivity contribution in [2.24, 2.45) is 5.73 Å². The second-order valence-electron chi connectivity index (χ2n) is 10.5. The molecule has 5 rings (SSSR count). The molecule has 0 radical (unpaired) electrons. The van der Waals surface area contributed by atoms with E-state index in [2.05, 4.69) is 31.3 Å². The van der Waals surface area contributed by atoms with Crippen LogP contribution in [-0.4, -0.2) is 27.5 Å². The van der Waals surface area contributed by atoms with Gasteiger partial charge >= 0.3 is 0 Å². The summed E-state index contributed by atoms with van der Waals surface area (Å²) < 4.78 is 1.73. The predicted molar refractivity (Wildman–Crippen MR) is 165 cm³/mol. The van der Waals surface area contributed by atoms with Crippen LogP contribution in [0.4, 0.5) is 0 Å². The van der Waals surface area contributed by atoms with E-state index in [0.29, 0.717) is 26.9 Å². The van der Waals surface area contributed by atoms with Crippen LogP contribution in [0.15, 0.2) is 58.7 Å². The molecule has 2 unspecified atom stereocenters. The average Bonchev–Trinajstić information content (AvgIpc) is 3.43. The van der Waals surface area contributed by atoms with Crippen molar-refractivity contribution in [3.63, 3.8) is 0 Å². The quantitative estimate of drug-likeness (QED) is 0.256. The highest BCUT2D eigenvalue weighted by Gasteiger charge is 2.26. The molecule has 1 aliphatic rings. The van der Waals surface area contributed by atoms with E-state index < -0.39 is 0 Å². The summed E-state index contributed by atoms with van der Waals surface area (Å²) in [4.78, 5) is 32.9. The van der Waals surface area contributed by atoms with Crippen LogP contribution in [0.3, 0.4) is 0 Å². The summed E-state index contributed by atoms with van der Waals surface area (Å²) in [5.41, 5.74) is 12.2. The van der Waals surface area contributed by atoms with Crippen LogP contribution < -0.4 is 16.6 Å². The lowest BCUT2D eigenvalue weighted by Crippen LogP contribution is -2.43. The fourth-order valence-corrected chi connectivity index (χ4v) is 6.59. The van der Waals surface area contributed by atoms with Crippen molar-refractivity contribution in [1.82, 2.24) is 14.9 Å². The number of para-hydroxylation sites is 1. The third-order valence-electron chi connectivity index (χ3n) is 7.81. The molecule has 0 saturated heterocycles. The van der Waals surface area contributed by atoms with E-state index in [0.717, 1.165) is 66.6 Å². The minimum atomic E-state index is -0.187. The van der Waals surface area contributed by atoms with Crippen LogP contribution in [0.25, 0.3) is 27.5 Å². The number of hydrogen-bond donors (Lipinski definition) is 2. The van der Waals surface area contributed by atoms with E-state index in [9.17, 15) is 9.59 Å². The van der Waals surface area contributed by atoms with Gasteiger partial charge in [0.05, 0.1) is 22.5 Å². The number of hydrogen-bond acceptors (Lipinski definition) is 5. The molecule has 2 atom stereocenters. The number of carbonyl (C=O) groups excluding carboxylic acids is 1. The highest BCUT2D eigenvalue weighted by Crippen LogP contribution is 2.31. The van der Waals surface area contributed by atoms with Crippen molar-refractivity contribution in [1.29, 1.82) is 0 Å². The predicted octanol–water partition coefficient (Wildman–Crippen LogP) is 6.71. The summed E-state index contributed by atoms with van der Waals surface area (Å²) in [6.45, 7) is 6.03. The topological polar surface area (TPSA) is 90.0 Å². The highest BCUT2D eigenvalue weighted by atomic mass is 35.5. The Morgan fingerprint density at radius 3 is 2.48 bits per heavy atom. The molecular formula is C32H35ClN4O2S. The van der Waals surface area contributed by atoms with E-state index in [1.807, 2.05) is 42.6 Å². The van der Waals surface area contributed by atoms with Crippen LogP contribution in [0, 0.1) is 6.92 Å². The Kier molecular flexibility index (Phi) is 8.54. The Morgan fingerprint density at radius 2 is 1.82 bits per heavy atom. The Hall–Kier alpha value is -3.26. The van der Waals surface area contributed by atoms with E-state index in [4.69, 9.17) is 22.3 Å². The number of rotatable bonds is 7.